The second kappa shape index (κ2) is 7.01. The molecule has 2 heteroatoms. The number of ether oxygens (including phenoxy) is 1. The molecule has 2 bridgehead atoms. The second-order valence-corrected chi connectivity index (χ2v) is 10.8. The van der Waals surface area contributed by atoms with Crippen molar-refractivity contribution < 1.29 is 4.74 Å². The summed E-state index contributed by atoms with van der Waals surface area (Å²) in [5.41, 5.74) is 2.58. The van der Waals surface area contributed by atoms with Gasteiger partial charge in [-0.3, -0.25) is 0 Å². The van der Waals surface area contributed by atoms with E-state index in [1.54, 1.807) is 0 Å². The van der Waals surface area contributed by atoms with E-state index in [-0.39, 0.29) is 0 Å². The Bertz CT molecular complexity index is 867. The third-order valence-corrected chi connectivity index (χ3v) is 8.89. The van der Waals surface area contributed by atoms with Crippen molar-refractivity contribution >= 4 is 10.8 Å². The SMILES string of the molecule is c1cc2cc(OC3CCC4(CC3)CC4)ccc2cc1CNC12CCC(CC1)CC2. The number of hydrogen-bond donors (Lipinski definition) is 1. The van der Waals surface area contributed by atoms with Gasteiger partial charge >= 0.3 is 0 Å². The van der Waals surface area contributed by atoms with E-state index < -0.39 is 0 Å². The fourth-order valence-corrected chi connectivity index (χ4v) is 6.45. The lowest BCUT2D eigenvalue weighted by molar-refractivity contribution is 0.104. The highest BCUT2D eigenvalue weighted by molar-refractivity contribution is 5.84. The average molecular weight is 390 g/mol. The van der Waals surface area contributed by atoms with Crippen LogP contribution in [0.3, 0.4) is 0 Å². The Morgan fingerprint density at radius 3 is 2.17 bits per heavy atom. The summed E-state index contributed by atoms with van der Waals surface area (Å²) in [5, 5.41) is 6.59. The number of hydrogen-bond acceptors (Lipinski definition) is 2. The minimum Gasteiger partial charge on any atom is -0.490 e. The van der Waals surface area contributed by atoms with Gasteiger partial charge in [0.1, 0.15) is 5.75 Å². The zero-order valence-corrected chi connectivity index (χ0v) is 17.7. The van der Waals surface area contributed by atoms with Crippen LogP contribution in [0.15, 0.2) is 36.4 Å². The van der Waals surface area contributed by atoms with Crippen molar-refractivity contribution in [3.8, 4) is 5.75 Å². The maximum Gasteiger partial charge on any atom is 0.120 e. The Balaban J connectivity index is 1.10. The summed E-state index contributed by atoms with van der Waals surface area (Å²) >= 11 is 0. The molecule has 0 heterocycles. The zero-order chi connectivity index (χ0) is 19.3. The van der Waals surface area contributed by atoms with Gasteiger partial charge in [-0.1, -0.05) is 18.2 Å². The minimum atomic E-state index is 0.423. The Hall–Kier alpha value is -1.54. The molecule has 0 unspecified atom stereocenters. The van der Waals surface area contributed by atoms with Crippen LogP contribution in [-0.4, -0.2) is 11.6 Å². The van der Waals surface area contributed by atoms with E-state index in [2.05, 4.69) is 41.7 Å². The smallest absolute Gasteiger partial charge is 0.120 e. The summed E-state index contributed by atoms with van der Waals surface area (Å²) in [5.74, 6) is 2.08. The first-order chi connectivity index (χ1) is 14.2. The number of fused-ring (bicyclic) bond motifs is 4. The van der Waals surface area contributed by atoms with Gasteiger partial charge in [0.25, 0.3) is 0 Å². The summed E-state index contributed by atoms with van der Waals surface area (Å²) in [6.45, 7) is 1.00. The van der Waals surface area contributed by atoms with Crippen molar-refractivity contribution in [2.75, 3.05) is 0 Å². The highest BCUT2D eigenvalue weighted by Gasteiger charge is 2.45. The van der Waals surface area contributed by atoms with Crippen LogP contribution in [0.5, 0.6) is 5.75 Å². The Morgan fingerprint density at radius 2 is 1.45 bits per heavy atom. The zero-order valence-electron chi connectivity index (χ0n) is 17.7. The van der Waals surface area contributed by atoms with Crippen LogP contribution < -0.4 is 10.1 Å². The third kappa shape index (κ3) is 3.69. The van der Waals surface area contributed by atoms with Crippen LogP contribution in [0.4, 0.5) is 0 Å². The van der Waals surface area contributed by atoms with Crippen LogP contribution in [0.2, 0.25) is 0 Å². The van der Waals surface area contributed by atoms with E-state index in [0.29, 0.717) is 11.6 Å². The van der Waals surface area contributed by atoms with Crippen molar-refractivity contribution in [1.29, 1.82) is 0 Å². The van der Waals surface area contributed by atoms with Crippen LogP contribution in [0, 0.1) is 11.3 Å². The summed E-state index contributed by atoms with van der Waals surface area (Å²) in [6.07, 6.45) is 17.1. The van der Waals surface area contributed by atoms with E-state index in [1.807, 2.05) is 0 Å². The molecule has 29 heavy (non-hydrogen) atoms. The molecule has 0 atom stereocenters. The van der Waals surface area contributed by atoms with Gasteiger partial charge in [0, 0.05) is 12.1 Å². The molecule has 5 saturated carbocycles. The molecule has 2 aromatic carbocycles. The minimum absolute atomic E-state index is 0.423. The first-order valence-corrected chi connectivity index (χ1v) is 12.1. The van der Waals surface area contributed by atoms with E-state index >= 15 is 0 Å². The van der Waals surface area contributed by atoms with Gasteiger partial charge in [-0.2, -0.15) is 0 Å². The lowest BCUT2D eigenvalue weighted by atomic mass is 9.66. The molecule has 2 nitrogen and oxygen atoms in total. The first-order valence-electron chi connectivity index (χ1n) is 12.1. The maximum absolute atomic E-state index is 6.36. The summed E-state index contributed by atoms with van der Waals surface area (Å²) in [6, 6.07) is 13.6. The second-order valence-electron chi connectivity index (χ2n) is 10.8. The Kier molecular flexibility index (Phi) is 4.41. The van der Waals surface area contributed by atoms with Crippen molar-refractivity contribution in [2.45, 2.75) is 95.2 Å². The first kappa shape index (κ1) is 18.2. The maximum atomic E-state index is 6.36. The molecule has 7 rings (SSSR count). The molecule has 0 amide bonds. The molecule has 5 aliphatic carbocycles. The standard InChI is InChI=1S/C27H35NO/c1-2-23-18-25(29-24-8-10-26(11-9-24)15-16-26)4-3-22(23)17-21(1)19-28-27-12-5-20(6-13-27)7-14-27/h1-4,17-18,20,24,28H,5-16,19H2. The topological polar surface area (TPSA) is 21.3 Å². The molecule has 5 fully saturated rings. The van der Waals surface area contributed by atoms with Crippen molar-refractivity contribution in [3.63, 3.8) is 0 Å². The van der Waals surface area contributed by atoms with E-state index in [1.165, 1.54) is 93.4 Å². The Labute approximate surface area is 175 Å². The van der Waals surface area contributed by atoms with Gasteiger partial charge in [-0.25, -0.2) is 0 Å². The summed E-state index contributed by atoms with van der Waals surface area (Å²) in [4.78, 5) is 0. The van der Waals surface area contributed by atoms with Crippen LogP contribution >= 0.6 is 0 Å². The quantitative estimate of drug-likeness (QED) is 0.610. The highest BCUT2D eigenvalue weighted by Crippen LogP contribution is 2.56. The van der Waals surface area contributed by atoms with Gasteiger partial charge in [-0.15, -0.1) is 0 Å². The summed E-state index contributed by atoms with van der Waals surface area (Å²) < 4.78 is 6.36. The third-order valence-electron chi connectivity index (χ3n) is 8.89. The van der Waals surface area contributed by atoms with Crippen molar-refractivity contribution in [3.05, 3.63) is 42.0 Å². The van der Waals surface area contributed by atoms with E-state index in [4.69, 9.17) is 4.74 Å². The van der Waals surface area contributed by atoms with Gasteiger partial charge in [0.15, 0.2) is 0 Å². The molecule has 0 aliphatic heterocycles. The van der Waals surface area contributed by atoms with Gasteiger partial charge in [-0.05, 0) is 123 Å². The molecule has 154 valence electrons. The summed E-state index contributed by atoms with van der Waals surface area (Å²) in [7, 11) is 0. The Morgan fingerprint density at radius 1 is 0.759 bits per heavy atom. The predicted octanol–water partition coefficient (Wildman–Crippen LogP) is 6.75. The van der Waals surface area contributed by atoms with Crippen LogP contribution in [0.1, 0.15) is 82.6 Å². The van der Waals surface area contributed by atoms with Crippen LogP contribution in [0.25, 0.3) is 10.8 Å². The van der Waals surface area contributed by atoms with Crippen LogP contribution in [-0.2, 0) is 6.54 Å². The number of benzene rings is 2. The van der Waals surface area contributed by atoms with Crippen molar-refractivity contribution in [1.82, 2.24) is 5.32 Å². The molecule has 0 aromatic heterocycles. The van der Waals surface area contributed by atoms with E-state index in [0.717, 1.165) is 23.6 Å². The number of nitrogens with one attached hydrogen (secondary N) is 1. The molecule has 5 aliphatic rings. The lowest BCUT2D eigenvalue weighted by Gasteiger charge is -2.47. The molecule has 0 saturated heterocycles. The average Bonchev–Trinajstić information content (AvgIpc) is 3.54. The molecule has 1 spiro atoms. The monoisotopic (exact) mass is 389 g/mol. The lowest BCUT2D eigenvalue weighted by Crippen LogP contribution is -2.51. The molecule has 2 aromatic rings. The highest BCUT2D eigenvalue weighted by atomic mass is 16.5. The van der Waals surface area contributed by atoms with Gasteiger partial charge in [0.2, 0.25) is 0 Å². The fourth-order valence-electron chi connectivity index (χ4n) is 6.45. The molecular formula is C27H35NO. The normalized spacial score (nSPS) is 30.7. The van der Waals surface area contributed by atoms with Crippen molar-refractivity contribution in [2.24, 2.45) is 11.3 Å². The number of rotatable bonds is 5. The largest absolute Gasteiger partial charge is 0.490 e. The predicted molar refractivity (Wildman–Crippen MR) is 119 cm³/mol. The molecule has 0 radical (unpaired) electrons. The van der Waals surface area contributed by atoms with E-state index in [9.17, 15) is 0 Å². The fraction of sp³-hybridized carbons (Fsp3) is 0.630. The molecular weight excluding hydrogens is 354 g/mol. The molecule has 1 N–H and O–H groups in total. The van der Waals surface area contributed by atoms with Gasteiger partial charge in [0.05, 0.1) is 6.10 Å². The van der Waals surface area contributed by atoms with Gasteiger partial charge < -0.3 is 10.1 Å².